The van der Waals surface area contributed by atoms with E-state index in [0.29, 0.717) is 0 Å². The molecule has 0 aliphatic carbocycles. The molecule has 5 nitrogen and oxygen atoms in total. The van der Waals surface area contributed by atoms with Crippen LogP contribution in [0.15, 0.2) is 23.4 Å². The van der Waals surface area contributed by atoms with Crippen LogP contribution in [0.1, 0.15) is 27.2 Å². The van der Waals surface area contributed by atoms with Crippen LogP contribution in [0.3, 0.4) is 0 Å². The zero-order valence-corrected chi connectivity index (χ0v) is 11.2. The summed E-state index contributed by atoms with van der Waals surface area (Å²) >= 11 is 0. The number of halogens is 1. The van der Waals surface area contributed by atoms with E-state index in [2.05, 4.69) is 4.98 Å². The Kier molecular flexibility index (Phi) is 4.05. The summed E-state index contributed by atoms with van der Waals surface area (Å²) in [6, 6.07) is 2.24. The number of aromatic nitrogens is 1. The molecule has 1 aromatic heterocycles. The lowest BCUT2D eigenvalue weighted by Gasteiger charge is -2.17. The van der Waals surface area contributed by atoms with Crippen molar-refractivity contribution in [1.29, 1.82) is 0 Å². The van der Waals surface area contributed by atoms with Gasteiger partial charge < -0.3 is 0 Å². The zero-order chi connectivity index (χ0) is 14.0. The van der Waals surface area contributed by atoms with E-state index in [9.17, 15) is 17.6 Å². The Labute approximate surface area is 105 Å². The van der Waals surface area contributed by atoms with Gasteiger partial charge in [-0.15, -0.1) is 0 Å². The summed E-state index contributed by atoms with van der Waals surface area (Å²) < 4.78 is 38.5. The molecule has 18 heavy (non-hydrogen) atoms. The molecule has 1 N–H and O–H groups in total. The van der Waals surface area contributed by atoms with E-state index < -0.39 is 26.8 Å². The summed E-state index contributed by atoms with van der Waals surface area (Å²) in [4.78, 5) is 14.9. The Hall–Kier alpha value is -1.50. The van der Waals surface area contributed by atoms with E-state index in [1.54, 1.807) is 25.5 Å². The molecule has 0 saturated heterocycles. The molecular weight excluding hydrogens is 259 g/mol. The monoisotopic (exact) mass is 274 g/mol. The summed E-state index contributed by atoms with van der Waals surface area (Å²) in [6.07, 6.45) is 1.16. The second-order valence-corrected chi connectivity index (χ2v) is 6.65. The van der Waals surface area contributed by atoms with E-state index in [-0.39, 0.29) is 11.8 Å². The summed E-state index contributed by atoms with van der Waals surface area (Å²) in [7, 11) is -4.25. The Morgan fingerprint density at radius 1 is 1.44 bits per heavy atom. The molecule has 0 spiro atoms. The maximum absolute atomic E-state index is 13.3. The summed E-state index contributed by atoms with van der Waals surface area (Å²) in [5, 5.41) is -0.771. The predicted molar refractivity (Wildman–Crippen MR) is 63.6 cm³/mol. The van der Waals surface area contributed by atoms with Crippen LogP contribution in [0.25, 0.3) is 0 Å². The van der Waals surface area contributed by atoms with Gasteiger partial charge in [-0.3, -0.25) is 4.79 Å². The van der Waals surface area contributed by atoms with Crippen molar-refractivity contribution in [2.24, 2.45) is 5.41 Å². The van der Waals surface area contributed by atoms with Crippen LogP contribution in [-0.2, 0) is 14.8 Å². The van der Waals surface area contributed by atoms with Gasteiger partial charge in [0.05, 0.1) is 0 Å². The van der Waals surface area contributed by atoms with Gasteiger partial charge in [0.2, 0.25) is 10.9 Å². The normalized spacial score (nSPS) is 12.2. The first-order chi connectivity index (χ1) is 8.12. The predicted octanol–water partition coefficient (Wildman–Crippen LogP) is 1.46. The van der Waals surface area contributed by atoms with Crippen LogP contribution < -0.4 is 4.72 Å². The minimum absolute atomic E-state index is 0.0146. The second-order valence-electron chi connectivity index (χ2n) is 5.06. The van der Waals surface area contributed by atoms with Crippen LogP contribution in [0, 0.1) is 11.2 Å². The standard InChI is InChI=1S/C11H15FN2O3S/c1-11(2,3)7-9(15)14-18(16,17)10-8(12)5-4-6-13-10/h4-6H,7H2,1-3H3,(H,14,15). The third-order valence-electron chi connectivity index (χ3n) is 1.92. The SMILES string of the molecule is CC(C)(C)CC(=O)NS(=O)(=O)c1ncccc1F. The number of sulfonamides is 1. The van der Waals surface area contributed by atoms with Gasteiger partial charge in [-0.1, -0.05) is 20.8 Å². The number of nitrogens with one attached hydrogen (secondary N) is 1. The number of amides is 1. The van der Waals surface area contributed by atoms with Crippen molar-refractivity contribution in [3.8, 4) is 0 Å². The molecule has 0 atom stereocenters. The summed E-state index contributed by atoms with van der Waals surface area (Å²) in [6.45, 7) is 5.38. The second kappa shape index (κ2) is 5.01. The van der Waals surface area contributed by atoms with Gasteiger partial charge in [0, 0.05) is 12.6 Å². The fourth-order valence-corrected chi connectivity index (χ4v) is 2.28. The molecule has 7 heteroatoms. The number of rotatable bonds is 3. The van der Waals surface area contributed by atoms with Crippen LogP contribution >= 0.6 is 0 Å². The molecule has 1 amide bonds. The lowest BCUT2D eigenvalue weighted by Crippen LogP contribution is -2.34. The van der Waals surface area contributed by atoms with Gasteiger partial charge in [-0.25, -0.2) is 14.1 Å². The molecule has 1 rings (SSSR count). The largest absolute Gasteiger partial charge is 0.284 e. The first kappa shape index (κ1) is 14.6. The van der Waals surface area contributed by atoms with Crippen molar-refractivity contribution in [2.45, 2.75) is 32.2 Å². The maximum atomic E-state index is 13.3. The lowest BCUT2D eigenvalue weighted by atomic mass is 9.92. The van der Waals surface area contributed by atoms with Crippen LogP contribution in [-0.4, -0.2) is 19.3 Å². The molecule has 1 aromatic rings. The molecule has 1 heterocycles. The maximum Gasteiger partial charge on any atom is 0.284 e. The summed E-state index contributed by atoms with van der Waals surface area (Å²) in [5.74, 6) is -1.68. The minimum atomic E-state index is -4.25. The molecule has 0 saturated carbocycles. The molecule has 0 radical (unpaired) electrons. The molecule has 0 aliphatic rings. The van der Waals surface area contributed by atoms with Gasteiger partial charge in [-0.05, 0) is 17.5 Å². The van der Waals surface area contributed by atoms with Crippen molar-refractivity contribution in [1.82, 2.24) is 9.71 Å². The van der Waals surface area contributed by atoms with Gasteiger partial charge in [0.15, 0.2) is 5.82 Å². The lowest BCUT2D eigenvalue weighted by molar-refractivity contribution is -0.121. The highest BCUT2D eigenvalue weighted by molar-refractivity contribution is 7.90. The smallest absolute Gasteiger partial charge is 0.274 e. The average molecular weight is 274 g/mol. The minimum Gasteiger partial charge on any atom is -0.274 e. The summed E-state index contributed by atoms with van der Waals surface area (Å²) in [5.41, 5.74) is -0.359. The molecule has 0 bridgehead atoms. The van der Waals surface area contributed by atoms with E-state index in [1.165, 1.54) is 6.07 Å². The first-order valence-electron chi connectivity index (χ1n) is 5.28. The Bertz CT molecular complexity index is 550. The Balaban J connectivity index is 2.91. The Morgan fingerprint density at radius 2 is 2.06 bits per heavy atom. The van der Waals surface area contributed by atoms with E-state index in [1.807, 2.05) is 0 Å². The molecule has 0 aliphatic heterocycles. The van der Waals surface area contributed by atoms with Gasteiger partial charge in [0.25, 0.3) is 10.0 Å². The molecular formula is C11H15FN2O3S. The van der Waals surface area contributed by atoms with E-state index >= 15 is 0 Å². The van der Waals surface area contributed by atoms with E-state index in [4.69, 9.17) is 0 Å². The Morgan fingerprint density at radius 3 is 2.56 bits per heavy atom. The fourth-order valence-electron chi connectivity index (χ4n) is 1.28. The van der Waals surface area contributed by atoms with Crippen LogP contribution in [0.2, 0.25) is 0 Å². The van der Waals surface area contributed by atoms with Crippen molar-refractivity contribution in [3.05, 3.63) is 24.1 Å². The van der Waals surface area contributed by atoms with Crippen molar-refractivity contribution < 1.29 is 17.6 Å². The number of hydrogen-bond donors (Lipinski definition) is 1. The highest BCUT2D eigenvalue weighted by atomic mass is 32.2. The van der Waals surface area contributed by atoms with E-state index in [0.717, 1.165) is 12.3 Å². The van der Waals surface area contributed by atoms with Crippen molar-refractivity contribution >= 4 is 15.9 Å². The highest BCUT2D eigenvalue weighted by Gasteiger charge is 2.25. The third-order valence-corrected chi connectivity index (χ3v) is 3.22. The van der Waals surface area contributed by atoms with Gasteiger partial charge >= 0.3 is 0 Å². The van der Waals surface area contributed by atoms with Crippen LogP contribution in [0.5, 0.6) is 0 Å². The number of pyridine rings is 1. The number of carbonyl (C=O) groups excluding carboxylic acids is 1. The molecule has 100 valence electrons. The quantitative estimate of drug-likeness (QED) is 0.905. The molecule has 0 aromatic carbocycles. The number of carbonyl (C=O) groups is 1. The van der Waals surface area contributed by atoms with Crippen molar-refractivity contribution in [3.63, 3.8) is 0 Å². The number of nitrogens with zero attached hydrogens (tertiary/aromatic N) is 1. The fraction of sp³-hybridized carbons (Fsp3) is 0.455. The van der Waals surface area contributed by atoms with Crippen LogP contribution in [0.4, 0.5) is 4.39 Å². The number of hydrogen-bond acceptors (Lipinski definition) is 4. The molecule has 0 unspecified atom stereocenters. The zero-order valence-electron chi connectivity index (χ0n) is 10.4. The average Bonchev–Trinajstić information content (AvgIpc) is 2.13. The molecule has 0 fully saturated rings. The third kappa shape index (κ3) is 4.06. The topological polar surface area (TPSA) is 76.1 Å². The highest BCUT2D eigenvalue weighted by Crippen LogP contribution is 2.18. The van der Waals surface area contributed by atoms with Gasteiger partial charge in [0.1, 0.15) is 0 Å². The van der Waals surface area contributed by atoms with Gasteiger partial charge in [-0.2, -0.15) is 8.42 Å². The van der Waals surface area contributed by atoms with Crippen molar-refractivity contribution in [2.75, 3.05) is 0 Å². The first-order valence-corrected chi connectivity index (χ1v) is 6.76.